The summed E-state index contributed by atoms with van der Waals surface area (Å²) in [7, 11) is 1.57. The Morgan fingerprint density at radius 2 is 1.63 bits per heavy atom. The first-order valence-electron chi connectivity index (χ1n) is 14.7. The lowest BCUT2D eigenvalue weighted by molar-refractivity contribution is -0.149. The predicted octanol–water partition coefficient (Wildman–Crippen LogP) is 2.39. The second-order valence-electron chi connectivity index (χ2n) is 11.2. The van der Waals surface area contributed by atoms with Gasteiger partial charge in [-0.15, -0.1) is 0 Å². The molecule has 0 saturated carbocycles. The van der Waals surface area contributed by atoms with Crippen LogP contribution in [0, 0.1) is 17.8 Å². The molecule has 0 bridgehead atoms. The number of H-pyrrole nitrogens is 1. The normalized spacial score (nSPS) is 15.0. The zero-order valence-electron chi connectivity index (χ0n) is 25.6. The highest BCUT2D eigenvalue weighted by Crippen LogP contribution is 2.22. The number of hydrogen-bond acceptors (Lipinski definition) is 8. The van der Waals surface area contributed by atoms with Gasteiger partial charge >= 0.3 is 11.7 Å². The smallest absolute Gasteiger partial charge is 0.329 e. The van der Waals surface area contributed by atoms with Crippen molar-refractivity contribution in [1.29, 1.82) is 0 Å². The van der Waals surface area contributed by atoms with Gasteiger partial charge in [0.15, 0.2) is 0 Å². The molecule has 2 heterocycles. The number of hydrazine groups is 1. The summed E-state index contributed by atoms with van der Waals surface area (Å²) in [4.78, 5) is 42.6. The van der Waals surface area contributed by atoms with E-state index in [0.29, 0.717) is 48.4 Å². The number of anilines is 1. The van der Waals surface area contributed by atoms with Crippen LogP contribution in [0.4, 0.5) is 5.69 Å². The molecule has 12 nitrogen and oxygen atoms in total. The van der Waals surface area contributed by atoms with E-state index in [1.165, 1.54) is 0 Å². The van der Waals surface area contributed by atoms with Crippen LogP contribution in [-0.4, -0.2) is 78.1 Å². The molecule has 0 amide bonds. The number of hydrogen-bond donors (Lipinski definition) is 2. The van der Waals surface area contributed by atoms with Crippen molar-refractivity contribution in [2.45, 2.75) is 26.4 Å². The monoisotopic (exact) mass is 644 g/mol. The quantitative estimate of drug-likeness (QED) is 0.207. The molecular weight excluding hydrogens is 610 g/mol. The number of carbonyl (C=O) groups is 1. The van der Waals surface area contributed by atoms with E-state index in [0.717, 1.165) is 25.8 Å². The summed E-state index contributed by atoms with van der Waals surface area (Å²) in [5.74, 6) is 5.32. The summed E-state index contributed by atoms with van der Waals surface area (Å²) in [6, 6.07) is 18.7. The number of aliphatic carboxylic acids is 1. The third-order valence-corrected chi connectivity index (χ3v) is 8.64. The van der Waals surface area contributed by atoms with Crippen molar-refractivity contribution >= 4 is 33.8 Å². The molecule has 2 unspecified atom stereocenters. The largest absolute Gasteiger partial charge is 0.759 e. The number of benzene rings is 3. The highest BCUT2D eigenvalue weighted by atomic mass is 32.2. The van der Waals surface area contributed by atoms with E-state index in [9.17, 15) is 28.3 Å². The van der Waals surface area contributed by atoms with Crippen LogP contribution in [0.3, 0.4) is 0 Å². The molecular formula is C33H34N5O7S-. The van der Waals surface area contributed by atoms with Crippen molar-refractivity contribution in [2.75, 3.05) is 38.2 Å². The maximum absolute atomic E-state index is 13.3. The van der Waals surface area contributed by atoms with Crippen LogP contribution in [-0.2, 0) is 22.6 Å². The van der Waals surface area contributed by atoms with Crippen molar-refractivity contribution in [3.05, 3.63) is 104 Å². The molecule has 0 aliphatic carbocycles. The Kier molecular flexibility index (Phi) is 10.0. The molecule has 240 valence electrons. The fourth-order valence-electron chi connectivity index (χ4n) is 5.43. The lowest BCUT2D eigenvalue weighted by Crippen LogP contribution is -2.60. The molecule has 0 radical (unpaired) electrons. The maximum Gasteiger partial charge on any atom is 0.329 e. The molecule has 2 N–H and O–H groups in total. The Labute approximate surface area is 268 Å². The first-order valence-corrected chi connectivity index (χ1v) is 15.7. The van der Waals surface area contributed by atoms with Crippen LogP contribution in [0.15, 0.2) is 76.3 Å². The van der Waals surface area contributed by atoms with Gasteiger partial charge in [-0.05, 0) is 66.1 Å². The van der Waals surface area contributed by atoms with Crippen molar-refractivity contribution in [3.8, 4) is 17.6 Å². The molecule has 1 aliphatic rings. The number of aromatic amines is 1. The first-order chi connectivity index (χ1) is 22.0. The fourth-order valence-corrected chi connectivity index (χ4v) is 6.31. The van der Waals surface area contributed by atoms with Gasteiger partial charge in [0.05, 0.1) is 24.6 Å². The van der Waals surface area contributed by atoms with Crippen LogP contribution in [0.1, 0.15) is 30.5 Å². The number of nitrogens with zero attached hydrogens (tertiary/aromatic N) is 4. The van der Waals surface area contributed by atoms with Crippen LogP contribution in [0.2, 0.25) is 0 Å². The number of fused-ring (bicyclic) bond motifs is 1. The van der Waals surface area contributed by atoms with Gasteiger partial charge < -0.3 is 24.3 Å². The maximum atomic E-state index is 13.3. The minimum Gasteiger partial charge on any atom is -0.759 e. The van der Waals surface area contributed by atoms with Crippen molar-refractivity contribution in [1.82, 2.24) is 19.0 Å². The summed E-state index contributed by atoms with van der Waals surface area (Å²) in [6.45, 7) is 5.20. The Balaban J connectivity index is 1.28. The van der Waals surface area contributed by atoms with Gasteiger partial charge in [0.25, 0.3) is 5.56 Å². The molecule has 2 atom stereocenters. The predicted molar refractivity (Wildman–Crippen MR) is 174 cm³/mol. The van der Waals surface area contributed by atoms with E-state index in [2.05, 4.69) is 21.7 Å². The number of methoxy groups -OCH3 is 1. The van der Waals surface area contributed by atoms with Gasteiger partial charge in [-0.3, -0.25) is 18.4 Å². The summed E-state index contributed by atoms with van der Waals surface area (Å²) in [5.41, 5.74) is 2.63. The summed E-state index contributed by atoms with van der Waals surface area (Å²) in [6.07, 6.45) is 0. The van der Waals surface area contributed by atoms with Crippen LogP contribution in [0.25, 0.3) is 10.9 Å². The number of carboxylic acid groups (broad SMARTS) is 1. The van der Waals surface area contributed by atoms with Crippen LogP contribution >= 0.6 is 0 Å². The lowest BCUT2D eigenvalue weighted by atomic mass is 10.1. The number of piperazine rings is 1. The third kappa shape index (κ3) is 7.21. The van der Waals surface area contributed by atoms with Gasteiger partial charge in [0.2, 0.25) is 0 Å². The first kappa shape index (κ1) is 32.6. The van der Waals surface area contributed by atoms with Crippen molar-refractivity contribution < 1.29 is 23.4 Å². The van der Waals surface area contributed by atoms with E-state index >= 15 is 0 Å². The Hall–Kier alpha value is -4.74. The molecule has 1 aliphatic heterocycles. The second kappa shape index (κ2) is 14.1. The molecule has 1 fully saturated rings. The third-order valence-electron chi connectivity index (χ3n) is 7.88. The highest BCUT2D eigenvalue weighted by molar-refractivity contribution is 7.76. The van der Waals surface area contributed by atoms with Crippen LogP contribution < -0.4 is 20.9 Å². The second-order valence-corrected chi connectivity index (χ2v) is 12.0. The van der Waals surface area contributed by atoms with Crippen molar-refractivity contribution in [3.63, 3.8) is 0 Å². The van der Waals surface area contributed by atoms with Gasteiger partial charge in [0.1, 0.15) is 11.8 Å². The highest BCUT2D eigenvalue weighted by Gasteiger charge is 2.35. The molecule has 3 aromatic carbocycles. The lowest BCUT2D eigenvalue weighted by Gasteiger charge is -2.45. The molecule has 13 heteroatoms. The molecule has 4 aromatic rings. The van der Waals surface area contributed by atoms with E-state index in [1.54, 1.807) is 68.4 Å². The number of aromatic nitrogens is 2. The number of carboxylic acids is 1. The van der Waals surface area contributed by atoms with E-state index < -0.39 is 40.4 Å². The molecule has 46 heavy (non-hydrogen) atoms. The Morgan fingerprint density at radius 3 is 2.22 bits per heavy atom. The van der Waals surface area contributed by atoms with Gasteiger partial charge in [-0.25, -0.2) is 9.80 Å². The zero-order chi connectivity index (χ0) is 33.0. The minimum atomic E-state index is -2.71. The average Bonchev–Trinajstić information content (AvgIpc) is 3.05. The van der Waals surface area contributed by atoms with Crippen LogP contribution in [0.5, 0.6) is 5.75 Å². The van der Waals surface area contributed by atoms with Gasteiger partial charge in [-0.1, -0.05) is 37.8 Å². The minimum absolute atomic E-state index is 0.114. The topological polar surface area (TPSA) is 151 Å². The van der Waals surface area contributed by atoms with Gasteiger partial charge in [-0.2, -0.15) is 4.41 Å². The average molecular weight is 645 g/mol. The van der Waals surface area contributed by atoms with E-state index in [1.807, 2.05) is 24.3 Å². The zero-order valence-corrected chi connectivity index (χ0v) is 26.5. The van der Waals surface area contributed by atoms with E-state index in [-0.39, 0.29) is 6.54 Å². The Morgan fingerprint density at radius 1 is 1.00 bits per heavy atom. The summed E-state index contributed by atoms with van der Waals surface area (Å²) in [5, 5.41) is 11.5. The van der Waals surface area contributed by atoms with Crippen molar-refractivity contribution in [2.24, 2.45) is 5.92 Å². The standard InChI is InChI=1S/C33H35N5O7S/c1-22(2)30(32(40)41)38(46(43)44)36-18-16-35(17-19-36)26-11-6-23(7-12-26)4-5-24-10-15-29-28(20-24)31(39)37(33(42)34-29)21-25-8-13-27(45-3)14-9-25/h6-15,20,22,30H,16-19,21H2,1-3H3,(H,34,42)(H,40,41)(H,43,44)/p-1. The number of nitrogens with one attached hydrogen (secondary N) is 1. The SMILES string of the molecule is COc1ccc(Cn2c(=O)[nH]c3ccc(C#Cc4ccc(N5CCN(N(C(C(=O)O)C(C)C)S(=O)[O-])CC5)cc4)cc3c2=O)cc1. The van der Waals surface area contributed by atoms with Gasteiger partial charge in [0, 0.05) is 54.3 Å². The van der Waals surface area contributed by atoms with E-state index in [4.69, 9.17) is 4.74 Å². The fraction of sp³-hybridized carbons (Fsp3) is 0.303. The molecule has 0 spiro atoms. The Bertz CT molecular complexity index is 1920. The molecule has 1 saturated heterocycles. The summed E-state index contributed by atoms with van der Waals surface area (Å²) >= 11 is -2.71. The molecule has 5 rings (SSSR count). The number of rotatable bonds is 9. The molecule has 1 aromatic heterocycles. The number of ether oxygens (including phenoxy) is 1. The summed E-state index contributed by atoms with van der Waals surface area (Å²) < 4.78 is 31.2.